The molecule has 1 fully saturated rings. The molecule has 0 bridgehead atoms. The molecule has 0 unspecified atom stereocenters. The van der Waals surface area contributed by atoms with Crippen LogP contribution in [0.15, 0.2) is 42.5 Å². The van der Waals surface area contributed by atoms with E-state index in [1.807, 2.05) is 37.3 Å². The van der Waals surface area contributed by atoms with Gasteiger partial charge >= 0.3 is 17.9 Å². The number of carbonyl (C=O) groups excluding carboxylic acids is 1. The molecule has 0 radical (unpaired) electrons. The van der Waals surface area contributed by atoms with Crippen LogP contribution in [0.2, 0.25) is 0 Å². The Kier molecular flexibility index (Phi) is 9.35. The topological polar surface area (TPSA) is 139 Å². The van der Waals surface area contributed by atoms with E-state index < -0.39 is 17.9 Å². The number of aryl methyl sites for hydroxylation is 1. The third kappa shape index (κ3) is 7.07. The summed E-state index contributed by atoms with van der Waals surface area (Å²) in [4.78, 5) is 40.6. The van der Waals surface area contributed by atoms with Crippen LogP contribution in [0.1, 0.15) is 54.0 Å². The Morgan fingerprint density at radius 3 is 2.64 bits per heavy atom. The number of anilines is 3. The van der Waals surface area contributed by atoms with Crippen molar-refractivity contribution in [1.29, 1.82) is 0 Å². The van der Waals surface area contributed by atoms with Crippen LogP contribution in [-0.2, 0) is 27.4 Å². The van der Waals surface area contributed by atoms with Gasteiger partial charge in [-0.05, 0) is 49.8 Å². The summed E-state index contributed by atoms with van der Waals surface area (Å²) in [5.74, 6) is -0.0371. The van der Waals surface area contributed by atoms with Gasteiger partial charge in [-0.1, -0.05) is 36.4 Å². The Morgan fingerprint density at radius 1 is 1.12 bits per heavy atom. The largest absolute Gasteiger partial charge is 0.481 e. The first kappa shape index (κ1) is 29.1. The maximum absolute atomic E-state index is 12.4. The van der Waals surface area contributed by atoms with Crippen LogP contribution in [0.3, 0.4) is 0 Å². The Bertz CT molecular complexity index is 1390. The van der Waals surface area contributed by atoms with Gasteiger partial charge < -0.3 is 30.1 Å². The average molecular weight is 575 g/mol. The molecular weight excluding hydrogens is 536 g/mol. The highest BCUT2D eigenvalue weighted by molar-refractivity contribution is 5.79. The molecule has 2 aliphatic heterocycles. The molecule has 0 saturated carbocycles. The molecule has 0 amide bonds. The standard InChI is InChI=1S/C31H38N6O5/c1-20-27(33-18-24(30(39)40)17-26(38)42-19-21-7-4-3-5-8-21)35-31(41-2)36-29(20)37-15-12-22(13-16-37)25-11-10-23-9-6-14-32-28(23)34-25/h3-5,7-8,10-11,22,24H,6,9,12-19H2,1-2H3,(H,32,34)(H,39,40)(H,33,35,36)/t24-/m0/s1. The van der Waals surface area contributed by atoms with Crippen LogP contribution in [0.5, 0.6) is 6.01 Å². The van der Waals surface area contributed by atoms with Crippen LogP contribution in [0, 0.1) is 12.8 Å². The van der Waals surface area contributed by atoms with E-state index in [4.69, 9.17) is 14.5 Å². The molecule has 11 heteroatoms. The number of carboxylic acid groups (broad SMARTS) is 1. The van der Waals surface area contributed by atoms with Gasteiger partial charge in [-0.3, -0.25) is 9.59 Å². The van der Waals surface area contributed by atoms with Gasteiger partial charge in [-0.2, -0.15) is 9.97 Å². The van der Waals surface area contributed by atoms with Crippen molar-refractivity contribution >= 4 is 29.4 Å². The normalized spacial score (nSPS) is 15.7. The molecular formula is C31H38N6O5. The van der Waals surface area contributed by atoms with E-state index >= 15 is 0 Å². The Morgan fingerprint density at radius 2 is 1.90 bits per heavy atom. The molecule has 5 rings (SSSR count). The Hall–Kier alpha value is -4.41. The summed E-state index contributed by atoms with van der Waals surface area (Å²) in [5, 5.41) is 16.3. The minimum Gasteiger partial charge on any atom is -0.481 e. The van der Waals surface area contributed by atoms with Gasteiger partial charge in [0.05, 0.1) is 19.4 Å². The summed E-state index contributed by atoms with van der Waals surface area (Å²) in [5.41, 5.74) is 4.05. The molecule has 2 aromatic heterocycles. The van der Waals surface area contributed by atoms with Gasteiger partial charge in [0.2, 0.25) is 0 Å². The summed E-state index contributed by atoms with van der Waals surface area (Å²) < 4.78 is 10.7. The third-order valence-corrected chi connectivity index (χ3v) is 7.93. The molecule has 3 aromatic rings. The van der Waals surface area contributed by atoms with Gasteiger partial charge in [0.25, 0.3) is 0 Å². The fraction of sp³-hybridized carbons (Fsp3) is 0.452. The number of rotatable bonds is 11. The number of hydrogen-bond acceptors (Lipinski definition) is 10. The van der Waals surface area contributed by atoms with Crippen LogP contribution in [0.4, 0.5) is 17.5 Å². The summed E-state index contributed by atoms with van der Waals surface area (Å²) in [6, 6.07) is 13.8. The number of carboxylic acids is 1. The average Bonchev–Trinajstić information content (AvgIpc) is 3.03. The number of piperidine rings is 1. The van der Waals surface area contributed by atoms with Crippen molar-refractivity contribution in [3.63, 3.8) is 0 Å². The highest BCUT2D eigenvalue weighted by Gasteiger charge is 2.27. The van der Waals surface area contributed by atoms with E-state index in [2.05, 4.69) is 37.6 Å². The smallest absolute Gasteiger partial charge is 0.320 e. The fourth-order valence-electron chi connectivity index (χ4n) is 5.48. The zero-order valence-corrected chi connectivity index (χ0v) is 24.1. The number of aliphatic carboxylic acids is 1. The van der Waals surface area contributed by atoms with Crippen molar-refractivity contribution in [2.75, 3.05) is 48.8 Å². The number of fused-ring (bicyclic) bond motifs is 1. The minimum absolute atomic E-state index is 0.00365. The highest BCUT2D eigenvalue weighted by atomic mass is 16.5. The number of nitrogens with one attached hydrogen (secondary N) is 2. The molecule has 0 spiro atoms. The first-order valence-corrected chi connectivity index (χ1v) is 14.5. The van der Waals surface area contributed by atoms with Crippen molar-refractivity contribution in [2.45, 2.75) is 51.6 Å². The summed E-state index contributed by atoms with van der Waals surface area (Å²) in [6.07, 6.45) is 3.83. The maximum Gasteiger partial charge on any atom is 0.320 e. The van der Waals surface area contributed by atoms with Gasteiger partial charge in [-0.25, -0.2) is 4.98 Å². The lowest BCUT2D eigenvalue weighted by atomic mass is 9.92. The molecule has 1 saturated heterocycles. The minimum atomic E-state index is -1.09. The predicted octanol–water partition coefficient (Wildman–Crippen LogP) is 4.18. The second kappa shape index (κ2) is 13.5. The second-order valence-electron chi connectivity index (χ2n) is 10.8. The molecule has 0 aliphatic carbocycles. The number of esters is 1. The van der Waals surface area contributed by atoms with Gasteiger partial charge in [-0.15, -0.1) is 0 Å². The zero-order chi connectivity index (χ0) is 29.5. The summed E-state index contributed by atoms with van der Waals surface area (Å²) in [6.45, 7) is 4.56. The molecule has 11 nitrogen and oxygen atoms in total. The fourth-order valence-corrected chi connectivity index (χ4v) is 5.48. The van der Waals surface area contributed by atoms with Crippen LogP contribution in [0.25, 0.3) is 0 Å². The monoisotopic (exact) mass is 574 g/mol. The van der Waals surface area contributed by atoms with E-state index in [0.717, 1.165) is 73.8 Å². The van der Waals surface area contributed by atoms with Gasteiger partial charge in [0.15, 0.2) is 0 Å². The quantitative estimate of drug-likeness (QED) is 0.284. The van der Waals surface area contributed by atoms with Crippen molar-refractivity contribution in [3.05, 3.63) is 64.8 Å². The van der Waals surface area contributed by atoms with E-state index in [0.29, 0.717) is 11.7 Å². The first-order valence-electron chi connectivity index (χ1n) is 14.5. The van der Waals surface area contributed by atoms with Crippen molar-refractivity contribution in [3.8, 4) is 6.01 Å². The van der Waals surface area contributed by atoms with E-state index in [1.165, 1.54) is 12.7 Å². The lowest BCUT2D eigenvalue weighted by molar-refractivity contribution is -0.152. The second-order valence-corrected chi connectivity index (χ2v) is 10.8. The SMILES string of the molecule is COc1nc(NC[C@H](CC(=O)OCc2ccccc2)C(=O)O)c(C)c(N2CCC(c3ccc4c(n3)NCCC4)CC2)n1. The van der Waals surface area contributed by atoms with Crippen molar-refractivity contribution in [1.82, 2.24) is 15.0 Å². The van der Waals surface area contributed by atoms with E-state index in [-0.39, 0.29) is 25.6 Å². The molecule has 3 N–H and O–H groups in total. The maximum atomic E-state index is 12.4. The number of methoxy groups -OCH3 is 1. The zero-order valence-electron chi connectivity index (χ0n) is 24.1. The predicted molar refractivity (Wildman–Crippen MR) is 159 cm³/mol. The van der Waals surface area contributed by atoms with Crippen LogP contribution >= 0.6 is 0 Å². The Labute approximate surface area is 245 Å². The molecule has 1 aromatic carbocycles. The van der Waals surface area contributed by atoms with Crippen molar-refractivity contribution in [2.24, 2.45) is 5.92 Å². The third-order valence-electron chi connectivity index (χ3n) is 7.93. The summed E-state index contributed by atoms with van der Waals surface area (Å²) in [7, 11) is 1.50. The number of pyridine rings is 1. The number of aromatic nitrogens is 3. The summed E-state index contributed by atoms with van der Waals surface area (Å²) >= 11 is 0. The molecule has 222 valence electrons. The number of ether oxygens (including phenoxy) is 2. The van der Waals surface area contributed by atoms with Crippen LogP contribution in [-0.4, -0.2) is 65.3 Å². The number of hydrogen-bond donors (Lipinski definition) is 3. The molecule has 2 aliphatic rings. The number of carbonyl (C=O) groups is 2. The van der Waals surface area contributed by atoms with E-state index in [1.54, 1.807) is 0 Å². The highest BCUT2D eigenvalue weighted by Crippen LogP contribution is 2.34. The lowest BCUT2D eigenvalue weighted by Gasteiger charge is -2.34. The number of benzene rings is 1. The number of nitrogens with zero attached hydrogens (tertiary/aromatic N) is 4. The van der Waals surface area contributed by atoms with Gasteiger partial charge in [0, 0.05) is 43.4 Å². The van der Waals surface area contributed by atoms with E-state index in [9.17, 15) is 14.7 Å². The first-order chi connectivity index (χ1) is 20.4. The van der Waals surface area contributed by atoms with Gasteiger partial charge in [0.1, 0.15) is 24.1 Å². The lowest BCUT2D eigenvalue weighted by Crippen LogP contribution is -2.35. The van der Waals surface area contributed by atoms with Crippen molar-refractivity contribution < 1.29 is 24.2 Å². The Balaban J connectivity index is 1.21. The molecule has 4 heterocycles. The molecule has 42 heavy (non-hydrogen) atoms. The van der Waals surface area contributed by atoms with Crippen LogP contribution < -0.4 is 20.3 Å². The molecule has 1 atom stereocenters.